The second-order valence-electron chi connectivity index (χ2n) is 6.79. The normalized spacial score (nSPS) is 13.2. The van der Waals surface area contributed by atoms with Crippen molar-refractivity contribution in [3.8, 4) is 5.75 Å². The smallest absolute Gasteiger partial charge is 0.261 e. The van der Waals surface area contributed by atoms with Crippen molar-refractivity contribution < 1.29 is 9.53 Å². The molecular formula is C22H29NO2. The number of ether oxygens (including phenoxy) is 1. The van der Waals surface area contributed by atoms with Gasteiger partial charge in [-0.1, -0.05) is 37.3 Å². The highest BCUT2D eigenvalue weighted by molar-refractivity contribution is 5.81. The van der Waals surface area contributed by atoms with E-state index in [9.17, 15) is 4.79 Å². The second-order valence-corrected chi connectivity index (χ2v) is 6.79. The van der Waals surface area contributed by atoms with Gasteiger partial charge in [0.1, 0.15) is 5.75 Å². The summed E-state index contributed by atoms with van der Waals surface area (Å²) in [4.78, 5) is 12.5. The van der Waals surface area contributed by atoms with Gasteiger partial charge in [-0.05, 0) is 74.9 Å². The van der Waals surface area contributed by atoms with Crippen LogP contribution in [0, 0.1) is 20.8 Å². The standard InChI is InChI=1S/C22H29NO2/c1-7-19-8-10-20(11-9-19)17(5)23-22(24)18(6)25-21-13-14(2)12-15(3)16(21)4/h8-13,17-18H,7H2,1-6H3,(H,23,24). The lowest BCUT2D eigenvalue weighted by atomic mass is 10.0. The fourth-order valence-electron chi connectivity index (χ4n) is 2.82. The van der Waals surface area contributed by atoms with E-state index in [-0.39, 0.29) is 11.9 Å². The van der Waals surface area contributed by atoms with Crippen molar-refractivity contribution in [2.24, 2.45) is 0 Å². The quantitative estimate of drug-likeness (QED) is 0.819. The van der Waals surface area contributed by atoms with Crippen LogP contribution >= 0.6 is 0 Å². The third-order valence-corrected chi connectivity index (χ3v) is 4.68. The molecule has 0 aliphatic heterocycles. The number of rotatable bonds is 6. The van der Waals surface area contributed by atoms with Crippen LogP contribution in [0.15, 0.2) is 36.4 Å². The number of aryl methyl sites for hydroxylation is 3. The van der Waals surface area contributed by atoms with Crippen molar-refractivity contribution >= 4 is 5.91 Å². The lowest BCUT2D eigenvalue weighted by Crippen LogP contribution is -2.37. The molecule has 0 saturated carbocycles. The zero-order valence-electron chi connectivity index (χ0n) is 16.1. The predicted octanol–water partition coefficient (Wildman–Crippen LogP) is 4.82. The minimum Gasteiger partial charge on any atom is -0.481 e. The van der Waals surface area contributed by atoms with Gasteiger partial charge in [0.05, 0.1) is 6.04 Å². The summed E-state index contributed by atoms with van der Waals surface area (Å²) in [5.41, 5.74) is 5.78. The number of amides is 1. The minimum absolute atomic E-state index is 0.0511. The van der Waals surface area contributed by atoms with Crippen LogP contribution in [0.3, 0.4) is 0 Å². The minimum atomic E-state index is -0.544. The third-order valence-electron chi connectivity index (χ3n) is 4.68. The summed E-state index contributed by atoms with van der Waals surface area (Å²) >= 11 is 0. The Kier molecular flexibility index (Phi) is 6.24. The molecule has 1 amide bonds. The summed E-state index contributed by atoms with van der Waals surface area (Å²) in [6, 6.07) is 12.4. The van der Waals surface area contributed by atoms with Gasteiger partial charge in [-0.2, -0.15) is 0 Å². The second kappa shape index (κ2) is 8.19. The monoisotopic (exact) mass is 339 g/mol. The van der Waals surface area contributed by atoms with Gasteiger partial charge in [-0.15, -0.1) is 0 Å². The summed E-state index contributed by atoms with van der Waals surface area (Å²) < 4.78 is 5.93. The molecule has 0 aliphatic rings. The molecule has 2 unspecified atom stereocenters. The number of carbonyl (C=O) groups is 1. The molecule has 2 rings (SSSR count). The molecule has 25 heavy (non-hydrogen) atoms. The van der Waals surface area contributed by atoms with E-state index in [0.717, 1.165) is 28.9 Å². The van der Waals surface area contributed by atoms with Crippen LogP contribution in [-0.2, 0) is 11.2 Å². The highest BCUT2D eigenvalue weighted by Gasteiger charge is 2.19. The van der Waals surface area contributed by atoms with Crippen molar-refractivity contribution in [3.05, 3.63) is 64.2 Å². The molecule has 0 spiro atoms. The average molecular weight is 339 g/mol. The van der Waals surface area contributed by atoms with Gasteiger partial charge in [0.15, 0.2) is 6.10 Å². The van der Waals surface area contributed by atoms with Crippen molar-refractivity contribution in [1.29, 1.82) is 0 Å². The first-order valence-corrected chi connectivity index (χ1v) is 8.95. The fraction of sp³-hybridized carbons (Fsp3) is 0.409. The molecule has 2 atom stereocenters. The van der Waals surface area contributed by atoms with Crippen LogP contribution in [-0.4, -0.2) is 12.0 Å². The molecule has 134 valence electrons. The molecule has 0 fully saturated rings. The van der Waals surface area contributed by atoms with E-state index < -0.39 is 6.10 Å². The van der Waals surface area contributed by atoms with Crippen LogP contribution in [0.5, 0.6) is 5.75 Å². The van der Waals surface area contributed by atoms with Crippen LogP contribution in [0.4, 0.5) is 0 Å². The van der Waals surface area contributed by atoms with Gasteiger partial charge in [0.25, 0.3) is 5.91 Å². The summed E-state index contributed by atoms with van der Waals surface area (Å²) in [6.07, 6.45) is 0.471. The Bertz CT molecular complexity index is 734. The zero-order chi connectivity index (χ0) is 18.6. The highest BCUT2D eigenvalue weighted by atomic mass is 16.5. The van der Waals surface area contributed by atoms with Crippen molar-refractivity contribution in [3.63, 3.8) is 0 Å². The van der Waals surface area contributed by atoms with Gasteiger partial charge < -0.3 is 10.1 Å². The Morgan fingerprint density at radius 2 is 1.72 bits per heavy atom. The molecule has 0 saturated heterocycles. The van der Waals surface area contributed by atoms with Crippen LogP contribution in [0.2, 0.25) is 0 Å². The topological polar surface area (TPSA) is 38.3 Å². The SMILES string of the molecule is CCc1ccc(C(C)NC(=O)C(C)Oc2cc(C)cc(C)c2C)cc1. The summed E-state index contributed by atoms with van der Waals surface area (Å²) in [6.45, 7) is 12.0. The summed E-state index contributed by atoms with van der Waals surface area (Å²) in [5.74, 6) is 0.672. The Hall–Kier alpha value is -2.29. The number of hydrogen-bond acceptors (Lipinski definition) is 2. The maximum Gasteiger partial charge on any atom is 0.261 e. The molecule has 3 heteroatoms. The molecule has 3 nitrogen and oxygen atoms in total. The Balaban J connectivity index is 2.02. The van der Waals surface area contributed by atoms with E-state index in [0.29, 0.717) is 0 Å². The Labute approximate surface area is 151 Å². The van der Waals surface area contributed by atoms with Crippen LogP contribution < -0.4 is 10.1 Å². The van der Waals surface area contributed by atoms with Crippen LogP contribution in [0.25, 0.3) is 0 Å². The molecular weight excluding hydrogens is 310 g/mol. The van der Waals surface area contributed by atoms with Gasteiger partial charge in [-0.3, -0.25) is 4.79 Å². The lowest BCUT2D eigenvalue weighted by Gasteiger charge is -2.21. The van der Waals surface area contributed by atoms with E-state index in [4.69, 9.17) is 4.74 Å². The maximum absolute atomic E-state index is 12.5. The predicted molar refractivity (Wildman–Crippen MR) is 103 cm³/mol. The lowest BCUT2D eigenvalue weighted by molar-refractivity contribution is -0.127. The molecule has 0 heterocycles. The first-order valence-electron chi connectivity index (χ1n) is 8.95. The van der Waals surface area contributed by atoms with E-state index >= 15 is 0 Å². The van der Waals surface area contributed by atoms with Gasteiger partial charge in [-0.25, -0.2) is 0 Å². The maximum atomic E-state index is 12.5. The molecule has 0 aliphatic carbocycles. The summed E-state index contributed by atoms with van der Waals surface area (Å²) in [7, 11) is 0. The summed E-state index contributed by atoms with van der Waals surface area (Å²) in [5, 5.41) is 3.04. The molecule has 0 bridgehead atoms. The molecule has 0 radical (unpaired) electrons. The van der Waals surface area contributed by atoms with E-state index in [2.05, 4.69) is 49.5 Å². The number of carbonyl (C=O) groups excluding carboxylic acids is 1. The van der Waals surface area contributed by atoms with Crippen molar-refractivity contribution in [1.82, 2.24) is 5.32 Å². The number of nitrogens with one attached hydrogen (secondary N) is 1. The average Bonchev–Trinajstić information content (AvgIpc) is 2.59. The Morgan fingerprint density at radius 3 is 2.32 bits per heavy atom. The fourth-order valence-corrected chi connectivity index (χ4v) is 2.82. The zero-order valence-corrected chi connectivity index (χ0v) is 16.1. The molecule has 2 aromatic carbocycles. The van der Waals surface area contributed by atoms with Gasteiger partial charge in [0, 0.05) is 0 Å². The third kappa shape index (κ3) is 4.85. The van der Waals surface area contributed by atoms with Gasteiger partial charge >= 0.3 is 0 Å². The molecule has 2 aromatic rings. The highest BCUT2D eigenvalue weighted by Crippen LogP contribution is 2.24. The van der Waals surface area contributed by atoms with Crippen molar-refractivity contribution in [2.75, 3.05) is 0 Å². The van der Waals surface area contributed by atoms with Crippen molar-refractivity contribution in [2.45, 2.75) is 60.1 Å². The number of hydrogen-bond donors (Lipinski definition) is 1. The molecule has 0 aromatic heterocycles. The molecule has 1 N–H and O–H groups in total. The van der Waals surface area contributed by atoms with E-state index in [1.54, 1.807) is 6.92 Å². The van der Waals surface area contributed by atoms with Crippen LogP contribution in [0.1, 0.15) is 54.6 Å². The Morgan fingerprint density at radius 1 is 1.08 bits per heavy atom. The number of benzene rings is 2. The van der Waals surface area contributed by atoms with E-state index in [1.807, 2.05) is 26.8 Å². The first kappa shape index (κ1) is 19.0. The first-order chi connectivity index (χ1) is 11.8. The largest absolute Gasteiger partial charge is 0.481 e. The van der Waals surface area contributed by atoms with Gasteiger partial charge in [0.2, 0.25) is 0 Å². The van der Waals surface area contributed by atoms with E-state index in [1.165, 1.54) is 11.1 Å².